The summed E-state index contributed by atoms with van der Waals surface area (Å²) in [5.41, 5.74) is 2.47. The number of hydrogen-bond acceptors (Lipinski definition) is 5. The minimum Gasteiger partial charge on any atom is -0.460 e. The molecule has 7 heteroatoms. The van der Waals surface area contributed by atoms with Crippen molar-refractivity contribution in [2.45, 2.75) is 27.3 Å². The van der Waals surface area contributed by atoms with E-state index >= 15 is 0 Å². The Hall–Kier alpha value is -2.70. The minimum atomic E-state index is -0.579. The average molecular weight is 303 g/mol. The van der Waals surface area contributed by atoms with Crippen LogP contribution in [0, 0.1) is 30.9 Å². The first kappa shape index (κ1) is 15.7. The highest BCUT2D eigenvalue weighted by Gasteiger charge is 2.15. The predicted molar refractivity (Wildman–Crippen MR) is 79.8 cm³/mol. The van der Waals surface area contributed by atoms with Crippen molar-refractivity contribution in [2.24, 2.45) is 0 Å². The van der Waals surface area contributed by atoms with Crippen LogP contribution in [-0.4, -0.2) is 27.3 Å². The highest BCUT2D eigenvalue weighted by Crippen LogP contribution is 2.19. The normalized spacial score (nSPS) is 10.5. The summed E-state index contributed by atoms with van der Waals surface area (Å²) in [7, 11) is 0. The van der Waals surface area contributed by atoms with Gasteiger partial charge in [0.05, 0.1) is 22.7 Å². The Labute approximate surface area is 127 Å². The Bertz CT molecular complexity index is 722. The van der Waals surface area contributed by atoms with Crippen LogP contribution in [-0.2, 0) is 11.3 Å². The molecule has 0 aliphatic rings. The van der Waals surface area contributed by atoms with Crippen molar-refractivity contribution < 1.29 is 14.5 Å². The van der Waals surface area contributed by atoms with E-state index in [2.05, 4.69) is 5.10 Å². The van der Waals surface area contributed by atoms with Gasteiger partial charge in [0.25, 0.3) is 5.69 Å². The van der Waals surface area contributed by atoms with E-state index in [0.717, 1.165) is 11.4 Å². The van der Waals surface area contributed by atoms with E-state index in [4.69, 9.17) is 4.74 Å². The SMILES string of the molecule is Cc1cc(C)n(CCOC(=O)c2ccc(C)c([N+](=O)[O-])c2)n1. The zero-order valence-corrected chi connectivity index (χ0v) is 12.7. The molecule has 22 heavy (non-hydrogen) atoms. The van der Waals surface area contributed by atoms with E-state index in [-0.39, 0.29) is 17.9 Å². The number of aryl methyl sites for hydroxylation is 3. The molecule has 0 unspecified atom stereocenters. The molecule has 0 saturated heterocycles. The fourth-order valence-electron chi connectivity index (χ4n) is 2.14. The molecule has 0 saturated carbocycles. The van der Waals surface area contributed by atoms with Gasteiger partial charge in [-0.1, -0.05) is 6.07 Å². The number of aromatic nitrogens is 2. The number of carbonyl (C=O) groups is 1. The molecule has 0 atom stereocenters. The average Bonchev–Trinajstić information content (AvgIpc) is 2.77. The Morgan fingerprint density at radius 3 is 2.64 bits per heavy atom. The lowest BCUT2D eigenvalue weighted by molar-refractivity contribution is -0.385. The van der Waals surface area contributed by atoms with Crippen molar-refractivity contribution in [2.75, 3.05) is 6.61 Å². The van der Waals surface area contributed by atoms with Gasteiger partial charge >= 0.3 is 5.97 Å². The van der Waals surface area contributed by atoms with Gasteiger partial charge in [-0.15, -0.1) is 0 Å². The summed E-state index contributed by atoms with van der Waals surface area (Å²) in [6.07, 6.45) is 0. The van der Waals surface area contributed by atoms with Crippen molar-refractivity contribution >= 4 is 11.7 Å². The molecule has 1 aromatic carbocycles. The summed E-state index contributed by atoms with van der Waals surface area (Å²) in [6.45, 7) is 6.03. The first-order valence-electron chi connectivity index (χ1n) is 6.81. The number of nitrogens with zero attached hydrogens (tertiary/aromatic N) is 3. The van der Waals surface area contributed by atoms with Gasteiger partial charge in [-0.25, -0.2) is 4.79 Å². The number of hydrogen-bond donors (Lipinski definition) is 0. The van der Waals surface area contributed by atoms with E-state index in [1.165, 1.54) is 18.2 Å². The molecule has 2 aromatic rings. The van der Waals surface area contributed by atoms with Crippen molar-refractivity contribution in [3.63, 3.8) is 0 Å². The number of benzene rings is 1. The third-order valence-corrected chi connectivity index (χ3v) is 3.28. The van der Waals surface area contributed by atoms with Crippen molar-refractivity contribution in [3.8, 4) is 0 Å². The summed E-state index contributed by atoms with van der Waals surface area (Å²) in [6, 6.07) is 6.23. The van der Waals surface area contributed by atoms with Gasteiger partial charge in [-0.3, -0.25) is 14.8 Å². The van der Waals surface area contributed by atoms with Crippen LogP contribution in [0.4, 0.5) is 5.69 Å². The number of esters is 1. The van der Waals surface area contributed by atoms with E-state index in [9.17, 15) is 14.9 Å². The van der Waals surface area contributed by atoms with Crippen LogP contribution in [0.5, 0.6) is 0 Å². The summed E-state index contributed by atoms with van der Waals surface area (Å²) < 4.78 is 6.90. The summed E-state index contributed by atoms with van der Waals surface area (Å²) in [5, 5.41) is 15.1. The van der Waals surface area contributed by atoms with Crippen LogP contribution >= 0.6 is 0 Å². The molecule has 7 nitrogen and oxygen atoms in total. The highest BCUT2D eigenvalue weighted by atomic mass is 16.6. The van der Waals surface area contributed by atoms with Crippen LogP contribution in [0.25, 0.3) is 0 Å². The summed E-state index contributed by atoms with van der Waals surface area (Å²) in [5.74, 6) is -0.579. The Balaban J connectivity index is 1.99. The Kier molecular flexibility index (Phi) is 4.55. The van der Waals surface area contributed by atoms with Gasteiger partial charge in [-0.05, 0) is 32.9 Å². The first-order valence-corrected chi connectivity index (χ1v) is 6.81. The number of rotatable bonds is 5. The lowest BCUT2D eigenvalue weighted by atomic mass is 10.1. The predicted octanol–water partition coefficient (Wildman–Crippen LogP) is 2.57. The molecule has 2 rings (SSSR count). The second-order valence-corrected chi connectivity index (χ2v) is 5.04. The van der Waals surface area contributed by atoms with Crippen molar-refractivity contribution in [1.29, 1.82) is 0 Å². The van der Waals surface area contributed by atoms with Crippen LogP contribution in [0.3, 0.4) is 0 Å². The van der Waals surface area contributed by atoms with Gasteiger partial charge in [0, 0.05) is 17.3 Å². The van der Waals surface area contributed by atoms with Gasteiger partial charge in [-0.2, -0.15) is 5.10 Å². The molecule has 0 aliphatic carbocycles. The Morgan fingerprint density at radius 2 is 2.05 bits per heavy atom. The molecule has 0 N–H and O–H groups in total. The molecule has 0 bridgehead atoms. The summed E-state index contributed by atoms with van der Waals surface area (Å²) in [4.78, 5) is 22.3. The maximum Gasteiger partial charge on any atom is 0.338 e. The van der Waals surface area contributed by atoms with E-state index in [1.54, 1.807) is 11.6 Å². The molecule has 1 aromatic heterocycles. The maximum absolute atomic E-state index is 11.9. The second-order valence-electron chi connectivity index (χ2n) is 5.04. The molecule has 0 aliphatic heterocycles. The fraction of sp³-hybridized carbons (Fsp3) is 0.333. The zero-order valence-electron chi connectivity index (χ0n) is 12.7. The monoisotopic (exact) mass is 303 g/mol. The van der Waals surface area contributed by atoms with Crippen molar-refractivity contribution in [3.05, 3.63) is 56.9 Å². The largest absolute Gasteiger partial charge is 0.460 e. The number of nitro groups is 1. The molecular formula is C15H17N3O4. The van der Waals surface area contributed by atoms with Crippen LogP contribution < -0.4 is 0 Å². The van der Waals surface area contributed by atoms with Gasteiger partial charge < -0.3 is 4.74 Å². The number of carbonyl (C=O) groups excluding carboxylic acids is 1. The fourth-order valence-corrected chi connectivity index (χ4v) is 2.14. The summed E-state index contributed by atoms with van der Waals surface area (Å²) >= 11 is 0. The Morgan fingerprint density at radius 1 is 1.32 bits per heavy atom. The molecular weight excluding hydrogens is 286 g/mol. The number of ether oxygens (including phenoxy) is 1. The molecule has 0 amide bonds. The minimum absolute atomic E-state index is 0.0898. The first-order chi connectivity index (χ1) is 10.4. The lowest BCUT2D eigenvalue weighted by Gasteiger charge is -2.07. The lowest BCUT2D eigenvalue weighted by Crippen LogP contribution is -2.13. The third-order valence-electron chi connectivity index (χ3n) is 3.28. The molecule has 0 spiro atoms. The molecule has 1 heterocycles. The van der Waals surface area contributed by atoms with Crippen molar-refractivity contribution in [1.82, 2.24) is 9.78 Å². The van der Waals surface area contributed by atoms with Gasteiger partial charge in [0.15, 0.2) is 0 Å². The quantitative estimate of drug-likeness (QED) is 0.481. The maximum atomic E-state index is 11.9. The number of nitro benzene ring substituents is 1. The van der Waals surface area contributed by atoms with E-state index < -0.39 is 10.9 Å². The smallest absolute Gasteiger partial charge is 0.338 e. The van der Waals surface area contributed by atoms with Gasteiger partial charge in [0.1, 0.15) is 6.61 Å². The second kappa shape index (κ2) is 6.38. The van der Waals surface area contributed by atoms with Gasteiger partial charge in [0.2, 0.25) is 0 Å². The third kappa shape index (κ3) is 3.49. The molecule has 116 valence electrons. The van der Waals surface area contributed by atoms with Crippen LogP contribution in [0.2, 0.25) is 0 Å². The van der Waals surface area contributed by atoms with Crippen LogP contribution in [0.15, 0.2) is 24.3 Å². The topological polar surface area (TPSA) is 87.3 Å². The molecule has 0 radical (unpaired) electrons. The van der Waals surface area contributed by atoms with Crippen LogP contribution in [0.1, 0.15) is 27.3 Å². The molecule has 0 fully saturated rings. The standard InChI is InChI=1S/C15H17N3O4/c1-10-4-5-13(9-14(10)18(20)21)15(19)22-7-6-17-12(3)8-11(2)16-17/h4-5,8-9H,6-7H2,1-3H3. The van der Waals surface area contributed by atoms with E-state index in [0.29, 0.717) is 12.1 Å². The van der Waals surface area contributed by atoms with E-state index in [1.807, 2.05) is 19.9 Å². The highest BCUT2D eigenvalue weighted by molar-refractivity contribution is 5.90. The zero-order chi connectivity index (χ0) is 16.3.